The van der Waals surface area contributed by atoms with Gasteiger partial charge in [0.1, 0.15) is 11.3 Å². The molecule has 34 heavy (non-hydrogen) atoms. The molecule has 2 aromatic heterocycles. The van der Waals surface area contributed by atoms with E-state index >= 15 is 0 Å². The molecule has 5 rings (SSSR count). The normalized spacial score (nSPS) is 19.4. The number of carbonyl (C=O) groups excluding carboxylic acids is 1. The number of hydrogen-bond acceptors (Lipinski definition) is 6. The SMILES string of the molecule is C[C@@H]1C[C@@H](C)CN(S(=O)(=O)c2ccc(C(=O)Nc3nc(-c4cc5ccccc5o4)cs3)cc2)C1. The van der Waals surface area contributed by atoms with E-state index in [9.17, 15) is 13.2 Å². The highest BCUT2D eigenvalue weighted by molar-refractivity contribution is 7.89. The first-order chi connectivity index (χ1) is 16.3. The molecular weight excluding hydrogens is 470 g/mol. The first-order valence-electron chi connectivity index (χ1n) is 11.2. The summed E-state index contributed by atoms with van der Waals surface area (Å²) in [4.78, 5) is 17.4. The monoisotopic (exact) mass is 495 g/mol. The summed E-state index contributed by atoms with van der Waals surface area (Å²) >= 11 is 1.30. The Morgan fingerprint density at radius 1 is 1.09 bits per heavy atom. The lowest BCUT2D eigenvalue weighted by molar-refractivity contribution is 0.102. The highest BCUT2D eigenvalue weighted by Crippen LogP contribution is 2.31. The molecule has 7 nitrogen and oxygen atoms in total. The number of furan rings is 1. The second-order valence-electron chi connectivity index (χ2n) is 8.93. The van der Waals surface area contributed by atoms with Gasteiger partial charge in [0.25, 0.3) is 5.91 Å². The molecule has 9 heteroatoms. The highest BCUT2D eigenvalue weighted by Gasteiger charge is 2.31. The zero-order valence-corrected chi connectivity index (χ0v) is 20.5. The Bertz CT molecular complexity index is 1400. The molecule has 1 fully saturated rings. The number of anilines is 1. The van der Waals surface area contributed by atoms with Crippen LogP contribution >= 0.6 is 11.3 Å². The van der Waals surface area contributed by atoms with Gasteiger partial charge in [-0.15, -0.1) is 11.3 Å². The first kappa shape index (κ1) is 22.8. The number of hydrogen-bond donors (Lipinski definition) is 1. The summed E-state index contributed by atoms with van der Waals surface area (Å²) in [6.07, 6.45) is 1.03. The van der Waals surface area contributed by atoms with E-state index in [0.29, 0.717) is 47.1 Å². The lowest BCUT2D eigenvalue weighted by Crippen LogP contribution is -2.42. The number of amides is 1. The third kappa shape index (κ3) is 4.51. The maximum atomic E-state index is 13.1. The second-order valence-corrected chi connectivity index (χ2v) is 11.7. The van der Waals surface area contributed by atoms with Crippen LogP contribution in [0.4, 0.5) is 5.13 Å². The fraction of sp³-hybridized carbons (Fsp3) is 0.280. The number of rotatable bonds is 5. The molecule has 1 N–H and O–H groups in total. The van der Waals surface area contributed by atoms with Crippen molar-refractivity contribution < 1.29 is 17.6 Å². The van der Waals surface area contributed by atoms with E-state index in [2.05, 4.69) is 24.1 Å². The quantitative estimate of drug-likeness (QED) is 0.396. The zero-order valence-electron chi connectivity index (χ0n) is 18.9. The van der Waals surface area contributed by atoms with Crippen molar-refractivity contribution >= 4 is 43.4 Å². The van der Waals surface area contributed by atoms with E-state index in [0.717, 1.165) is 17.4 Å². The number of benzene rings is 2. The number of sulfonamides is 1. The molecule has 1 amide bonds. The first-order valence-corrected chi connectivity index (χ1v) is 13.5. The number of piperidine rings is 1. The van der Waals surface area contributed by atoms with Crippen LogP contribution in [0.1, 0.15) is 30.6 Å². The minimum atomic E-state index is -3.59. The molecule has 1 saturated heterocycles. The van der Waals surface area contributed by atoms with Gasteiger partial charge >= 0.3 is 0 Å². The van der Waals surface area contributed by atoms with E-state index in [1.807, 2.05) is 35.7 Å². The lowest BCUT2D eigenvalue weighted by atomic mass is 9.94. The van der Waals surface area contributed by atoms with Gasteiger partial charge in [-0.3, -0.25) is 10.1 Å². The predicted molar refractivity (Wildman–Crippen MR) is 133 cm³/mol. The molecule has 0 radical (unpaired) electrons. The summed E-state index contributed by atoms with van der Waals surface area (Å²) in [5, 5.41) is 6.03. The third-order valence-electron chi connectivity index (χ3n) is 5.99. The summed E-state index contributed by atoms with van der Waals surface area (Å²) in [5.74, 6) is 0.932. The van der Waals surface area contributed by atoms with Crippen LogP contribution in [0.25, 0.3) is 22.4 Å². The van der Waals surface area contributed by atoms with Crippen molar-refractivity contribution in [3.63, 3.8) is 0 Å². The Hall–Kier alpha value is -3.01. The van der Waals surface area contributed by atoms with Crippen molar-refractivity contribution in [3.05, 3.63) is 65.5 Å². The molecule has 2 atom stereocenters. The minimum absolute atomic E-state index is 0.201. The van der Waals surface area contributed by atoms with Gasteiger partial charge in [-0.2, -0.15) is 4.31 Å². The molecule has 0 spiro atoms. The Labute approximate surface area is 202 Å². The molecule has 1 aliphatic heterocycles. The summed E-state index contributed by atoms with van der Waals surface area (Å²) in [6, 6.07) is 15.7. The summed E-state index contributed by atoms with van der Waals surface area (Å²) in [7, 11) is -3.59. The van der Waals surface area contributed by atoms with Crippen molar-refractivity contribution in [2.45, 2.75) is 25.2 Å². The molecule has 2 aromatic carbocycles. The Kier molecular flexibility index (Phi) is 6.01. The lowest BCUT2D eigenvalue weighted by Gasteiger charge is -2.34. The standard InChI is InChI=1S/C25H25N3O4S2/c1-16-11-17(2)14-28(13-16)34(30,31)20-9-7-18(8-10-20)24(29)27-25-26-21(15-33-25)23-12-19-5-3-4-6-22(19)32-23/h3-10,12,15-17H,11,13-14H2,1-2H3,(H,26,27,29)/t16-,17-/m1/s1. The van der Waals surface area contributed by atoms with Crippen LogP contribution < -0.4 is 5.32 Å². The number of nitrogens with zero attached hydrogens (tertiary/aromatic N) is 2. The van der Waals surface area contributed by atoms with Gasteiger partial charge in [-0.1, -0.05) is 32.0 Å². The average Bonchev–Trinajstić information content (AvgIpc) is 3.45. The molecular formula is C25H25N3O4S2. The van der Waals surface area contributed by atoms with E-state index < -0.39 is 10.0 Å². The number of carbonyl (C=O) groups is 1. The maximum Gasteiger partial charge on any atom is 0.257 e. The van der Waals surface area contributed by atoms with Crippen LogP contribution in [0.5, 0.6) is 0 Å². The van der Waals surface area contributed by atoms with Crippen molar-refractivity contribution in [1.82, 2.24) is 9.29 Å². The van der Waals surface area contributed by atoms with Gasteiger partial charge in [0, 0.05) is 29.4 Å². The van der Waals surface area contributed by atoms with Crippen molar-refractivity contribution in [2.75, 3.05) is 18.4 Å². The van der Waals surface area contributed by atoms with Gasteiger partial charge in [-0.05, 0) is 54.7 Å². The van der Waals surface area contributed by atoms with Gasteiger partial charge in [-0.25, -0.2) is 13.4 Å². The number of para-hydroxylation sites is 1. The Balaban J connectivity index is 1.28. The molecule has 0 aliphatic carbocycles. The smallest absolute Gasteiger partial charge is 0.257 e. The number of fused-ring (bicyclic) bond motifs is 1. The van der Waals surface area contributed by atoms with Crippen LogP contribution in [-0.2, 0) is 10.0 Å². The summed E-state index contributed by atoms with van der Waals surface area (Å²) in [6.45, 7) is 5.19. The van der Waals surface area contributed by atoms with Gasteiger partial charge < -0.3 is 4.42 Å². The van der Waals surface area contributed by atoms with E-state index in [1.165, 1.54) is 35.6 Å². The molecule has 3 heterocycles. The van der Waals surface area contributed by atoms with Crippen LogP contribution in [0.2, 0.25) is 0 Å². The molecule has 4 aromatic rings. The fourth-order valence-electron chi connectivity index (χ4n) is 4.45. The number of nitrogens with one attached hydrogen (secondary N) is 1. The summed E-state index contributed by atoms with van der Waals surface area (Å²) in [5.41, 5.74) is 1.78. The number of thiazole rings is 1. The van der Waals surface area contributed by atoms with Gasteiger partial charge in [0.2, 0.25) is 10.0 Å². The Morgan fingerprint density at radius 2 is 1.79 bits per heavy atom. The molecule has 1 aliphatic rings. The zero-order chi connectivity index (χ0) is 23.9. The summed E-state index contributed by atoms with van der Waals surface area (Å²) < 4.78 is 33.5. The molecule has 0 bridgehead atoms. The van der Waals surface area contributed by atoms with Crippen molar-refractivity contribution in [3.8, 4) is 11.5 Å². The van der Waals surface area contributed by atoms with E-state index in [4.69, 9.17) is 4.42 Å². The van der Waals surface area contributed by atoms with Crippen LogP contribution in [0, 0.1) is 11.8 Å². The highest BCUT2D eigenvalue weighted by atomic mass is 32.2. The predicted octanol–water partition coefficient (Wildman–Crippen LogP) is 5.48. The maximum absolute atomic E-state index is 13.1. The van der Waals surface area contributed by atoms with Crippen molar-refractivity contribution in [2.24, 2.45) is 11.8 Å². The molecule has 176 valence electrons. The largest absolute Gasteiger partial charge is 0.454 e. The second kappa shape index (κ2) is 8.98. The average molecular weight is 496 g/mol. The van der Waals surface area contributed by atoms with Crippen LogP contribution in [0.15, 0.2) is 69.3 Å². The fourth-order valence-corrected chi connectivity index (χ4v) is 6.83. The topological polar surface area (TPSA) is 92.5 Å². The molecule has 0 saturated carbocycles. The number of aromatic nitrogens is 1. The molecule has 0 unspecified atom stereocenters. The van der Waals surface area contributed by atoms with Crippen LogP contribution in [0.3, 0.4) is 0 Å². The van der Waals surface area contributed by atoms with Gasteiger partial charge in [0.05, 0.1) is 4.90 Å². The van der Waals surface area contributed by atoms with Gasteiger partial charge in [0.15, 0.2) is 10.9 Å². The van der Waals surface area contributed by atoms with Crippen molar-refractivity contribution in [1.29, 1.82) is 0 Å². The minimum Gasteiger partial charge on any atom is -0.454 e. The third-order valence-corrected chi connectivity index (χ3v) is 8.60. The van der Waals surface area contributed by atoms with Crippen LogP contribution in [-0.4, -0.2) is 36.7 Å². The van der Waals surface area contributed by atoms with E-state index in [-0.39, 0.29) is 10.8 Å². The Morgan fingerprint density at radius 3 is 2.50 bits per heavy atom. The van der Waals surface area contributed by atoms with E-state index in [1.54, 1.807) is 4.31 Å².